The van der Waals surface area contributed by atoms with E-state index in [9.17, 15) is 13.2 Å². The van der Waals surface area contributed by atoms with E-state index < -0.39 is 9.05 Å². The van der Waals surface area contributed by atoms with Crippen LogP contribution >= 0.6 is 10.7 Å². The molecule has 1 saturated heterocycles. The lowest BCUT2D eigenvalue weighted by molar-refractivity contribution is 0.0711. The zero-order chi connectivity index (χ0) is 15.5. The number of halogens is 1. The predicted octanol–water partition coefficient (Wildman–Crippen LogP) is 1.69. The van der Waals surface area contributed by atoms with Crippen molar-refractivity contribution in [1.29, 1.82) is 0 Å². The molecule has 1 aromatic heterocycles. The van der Waals surface area contributed by atoms with Crippen LogP contribution in [-0.2, 0) is 20.3 Å². The van der Waals surface area contributed by atoms with Crippen molar-refractivity contribution in [2.45, 2.75) is 30.7 Å². The number of nitrogens with zero attached hydrogens (tertiary/aromatic N) is 2. The lowest BCUT2D eigenvalue weighted by Crippen LogP contribution is -2.36. The van der Waals surface area contributed by atoms with Crippen LogP contribution in [0.1, 0.15) is 29.8 Å². The Kier molecular flexibility index (Phi) is 5.29. The number of rotatable bonds is 5. The van der Waals surface area contributed by atoms with E-state index in [0.717, 1.165) is 19.3 Å². The molecule has 2 rings (SSSR count). The molecule has 1 aromatic rings. The first-order chi connectivity index (χ1) is 9.93. The minimum absolute atomic E-state index is 0.0550. The van der Waals surface area contributed by atoms with Crippen molar-refractivity contribution in [3.05, 3.63) is 18.0 Å². The van der Waals surface area contributed by atoms with Gasteiger partial charge in [-0.05, 0) is 25.3 Å². The van der Waals surface area contributed by atoms with Gasteiger partial charge in [-0.15, -0.1) is 0 Å². The molecule has 0 unspecified atom stereocenters. The molecule has 0 aromatic carbocycles. The molecule has 2 heterocycles. The van der Waals surface area contributed by atoms with Crippen LogP contribution in [0.15, 0.2) is 17.2 Å². The first-order valence-electron chi connectivity index (χ1n) is 6.86. The zero-order valence-corrected chi connectivity index (χ0v) is 13.5. The highest BCUT2D eigenvalue weighted by molar-refractivity contribution is 8.13. The molecule has 0 saturated carbocycles. The molecule has 1 aliphatic heterocycles. The lowest BCUT2D eigenvalue weighted by Gasteiger charge is -2.27. The molecule has 118 valence electrons. The van der Waals surface area contributed by atoms with Gasteiger partial charge < -0.3 is 14.2 Å². The monoisotopic (exact) mass is 334 g/mol. The second-order valence-corrected chi connectivity index (χ2v) is 7.60. The average Bonchev–Trinajstić information content (AvgIpc) is 2.89. The fourth-order valence-corrected chi connectivity index (χ4v) is 3.19. The number of aromatic nitrogens is 1. The molecule has 8 heteroatoms. The van der Waals surface area contributed by atoms with Crippen molar-refractivity contribution >= 4 is 25.6 Å². The summed E-state index contributed by atoms with van der Waals surface area (Å²) in [6.07, 6.45) is 4.46. The lowest BCUT2D eigenvalue weighted by atomic mass is 10.1. The molecule has 0 bridgehead atoms. The molecule has 1 amide bonds. The van der Waals surface area contributed by atoms with Crippen molar-refractivity contribution < 1.29 is 17.9 Å². The Labute approximate surface area is 129 Å². The molecule has 0 spiro atoms. The quantitative estimate of drug-likeness (QED) is 0.768. The number of hydrogen-bond acceptors (Lipinski definition) is 4. The van der Waals surface area contributed by atoms with Crippen LogP contribution in [0.4, 0.5) is 0 Å². The Morgan fingerprint density at radius 1 is 1.33 bits per heavy atom. The number of amides is 1. The smallest absolute Gasteiger partial charge is 0.270 e. The maximum absolute atomic E-state index is 12.6. The van der Waals surface area contributed by atoms with Crippen LogP contribution < -0.4 is 0 Å². The van der Waals surface area contributed by atoms with Crippen LogP contribution in [-0.4, -0.2) is 50.6 Å². The summed E-state index contributed by atoms with van der Waals surface area (Å²) in [6, 6.07) is 1.34. The summed E-state index contributed by atoms with van der Waals surface area (Å²) in [7, 11) is 3.07. The Hall–Kier alpha value is -1.05. The van der Waals surface area contributed by atoms with Gasteiger partial charge in [0.15, 0.2) is 0 Å². The van der Waals surface area contributed by atoms with Gasteiger partial charge in [-0.1, -0.05) is 0 Å². The second-order valence-electron chi connectivity index (χ2n) is 5.04. The van der Waals surface area contributed by atoms with Crippen molar-refractivity contribution in [3.63, 3.8) is 0 Å². The fraction of sp³-hybridized carbons (Fsp3) is 0.615. The summed E-state index contributed by atoms with van der Waals surface area (Å²) in [6.45, 7) is 2.20. The minimum atomic E-state index is -3.85. The maximum Gasteiger partial charge on any atom is 0.270 e. The average molecular weight is 335 g/mol. The van der Waals surface area contributed by atoms with Crippen LogP contribution in [0, 0.1) is 0 Å². The topological polar surface area (TPSA) is 68.6 Å². The number of hydrogen-bond donors (Lipinski definition) is 0. The Balaban J connectivity index is 2.30. The maximum atomic E-state index is 12.6. The predicted molar refractivity (Wildman–Crippen MR) is 79.1 cm³/mol. The zero-order valence-electron chi connectivity index (χ0n) is 11.9. The first-order valence-corrected chi connectivity index (χ1v) is 9.17. The molecule has 1 aliphatic rings. The molecule has 0 atom stereocenters. The number of methoxy groups -OCH3 is 1. The van der Waals surface area contributed by atoms with Crippen molar-refractivity contribution in [2.75, 3.05) is 26.8 Å². The van der Waals surface area contributed by atoms with E-state index in [1.807, 2.05) is 0 Å². The van der Waals surface area contributed by atoms with E-state index in [4.69, 9.17) is 15.4 Å². The van der Waals surface area contributed by atoms with Crippen LogP contribution in [0.25, 0.3) is 0 Å². The third kappa shape index (κ3) is 3.99. The number of likely N-dealkylation sites (tertiary alicyclic amines) is 1. The van der Waals surface area contributed by atoms with Gasteiger partial charge in [0.05, 0.1) is 6.61 Å². The summed E-state index contributed by atoms with van der Waals surface area (Å²) in [5.74, 6) is -0.155. The first kappa shape index (κ1) is 16.3. The van der Waals surface area contributed by atoms with Crippen LogP contribution in [0.3, 0.4) is 0 Å². The number of carbonyl (C=O) groups is 1. The molecular weight excluding hydrogens is 316 g/mol. The van der Waals surface area contributed by atoms with Gasteiger partial charge in [0.1, 0.15) is 10.6 Å². The Bertz CT molecular complexity index is 606. The molecule has 0 N–H and O–H groups in total. The van der Waals surface area contributed by atoms with Crippen molar-refractivity contribution in [1.82, 2.24) is 9.47 Å². The van der Waals surface area contributed by atoms with Crippen LogP contribution in [0.2, 0.25) is 0 Å². The molecule has 21 heavy (non-hydrogen) atoms. The van der Waals surface area contributed by atoms with E-state index in [1.165, 1.54) is 12.3 Å². The number of ether oxygens (including phenoxy) is 1. The van der Waals surface area contributed by atoms with Gasteiger partial charge in [-0.25, -0.2) is 8.42 Å². The molecular formula is C13H19ClN2O4S. The highest BCUT2D eigenvalue weighted by Gasteiger charge is 2.24. The second kappa shape index (κ2) is 6.81. The van der Waals surface area contributed by atoms with Gasteiger partial charge in [-0.2, -0.15) is 0 Å². The SMILES string of the molecule is COCCn1cc(S(=O)(=O)Cl)cc1C(=O)N1CCCCC1. The summed E-state index contributed by atoms with van der Waals surface area (Å²) < 4.78 is 29.5. The van der Waals surface area contributed by atoms with Gasteiger partial charge in [0.2, 0.25) is 0 Å². The Morgan fingerprint density at radius 2 is 2.00 bits per heavy atom. The van der Waals surface area contributed by atoms with E-state index in [1.54, 1.807) is 16.6 Å². The summed E-state index contributed by atoms with van der Waals surface area (Å²) in [5.41, 5.74) is 0.341. The van der Waals surface area contributed by atoms with E-state index in [2.05, 4.69) is 0 Å². The molecule has 1 fully saturated rings. The van der Waals surface area contributed by atoms with Crippen LogP contribution in [0.5, 0.6) is 0 Å². The minimum Gasteiger partial charge on any atom is -0.383 e. The largest absolute Gasteiger partial charge is 0.383 e. The highest BCUT2D eigenvalue weighted by Crippen LogP contribution is 2.21. The summed E-state index contributed by atoms with van der Waals surface area (Å²) in [4.78, 5) is 14.3. The Morgan fingerprint density at radius 3 is 2.57 bits per heavy atom. The third-order valence-corrected chi connectivity index (χ3v) is 4.87. The fourth-order valence-electron chi connectivity index (χ4n) is 2.43. The third-order valence-electron chi connectivity index (χ3n) is 3.55. The highest BCUT2D eigenvalue weighted by atomic mass is 35.7. The van der Waals surface area contributed by atoms with E-state index >= 15 is 0 Å². The number of carbonyl (C=O) groups excluding carboxylic acids is 1. The van der Waals surface area contributed by atoms with E-state index in [0.29, 0.717) is 31.9 Å². The van der Waals surface area contributed by atoms with Gasteiger partial charge in [-0.3, -0.25) is 4.79 Å². The summed E-state index contributed by atoms with van der Waals surface area (Å²) in [5, 5.41) is 0. The number of piperidine rings is 1. The van der Waals surface area contributed by atoms with Crippen molar-refractivity contribution in [3.8, 4) is 0 Å². The molecule has 6 nitrogen and oxygen atoms in total. The molecule has 0 radical (unpaired) electrons. The molecule has 0 aliphatic carbocycles. The normalized spacial score (nSPS) is 16.2. The summed E-state index contributed by atoms with van der Waals surface area (Å²) >= 11 is 0. The van der Waals surface area contributed by atoms with Crippen molar-refractivity contribution in [2.24, 2.45) is 0 Å². The van der Waals surface area contributed by atoms with E-state index in [-0.39, 0.29) is 10.8 Å². The van der Waals surface area contributed by atoms with Gasteiger partial charge >= 0.3 is 0 Å². The van der Waals surface area contributed by atoms with Gasteiger partial charge in [0, 0.05) is 43.6 Å². The standard InChI is InChI=1S/C13H19ClN2O4S/c1-20-8-7-16-10-11(21(14,18)19)9-12(16)13(17)15-5-3-2-4-6-15/h9-10H,2-8H2,1H3. The van der Waals surface area contributed by atoms with Gasteiger partial charge in [0.25, 0.3) is 15.0 Å².